The van der Waals surface area contributed by atoms with E-state index in [0.29, 0.717) is 11.3 Å². The average molecular weight is 411 g/mol. The van der Waals surface area contributed by atoms with Gasteiger partial charge in [0.25, 0.3) is 0 Å². The second kappa shape index (κ2) is 11.8. The van der Waals surface area contributed by atoms with Crippen molar-refractivity contribution in [3.63, 3.8) is 0 Å². The number of quaternary nitrogens is 2. The number of allylic oxidation sites excluding steroid dienone is 1. The van der Waals surface area contributed by atoms with Gasteiger partial charge in [0.15, 0.2) is 5.78 Å². The molecule has 2 aromatic carbocycles. The Kier molecular flexibility index (Phi) is 11.0. The molecule has 0 bridgehead atoms. The standard InChI is InChI=1S/C21H26N2O2.2ClH/c1-22(2)14-18-12-16(13-19(21(18)25)15-23(3)4)10-11-20(24)17-8-6-5-7-9-17;;/h5-13,25H,14-15H2,1-4H3;2*1H/b11-10+;;. The number of carbonyl (C=O) groups is 1. The fourth-order valence-corrected chi connectivity index (χ4v) is 2.79. The largest absolute Gasteiger partial charge is 1.00 e. The lowest BCUT2D eigenvalue weighted by Crippen LogP contribution is -3.04. The van der Waals surface area contributed by atoms with Crippen molar-refractivity contribution in [3.05, 3.63) is 70.8 Å². The van der Waals surface area contributed by atoms with E-state index >= 15 is 0 Å². The van der Waals surface area contributed by atoms with E-state index in [9.17, 15) is 9.90 Å². The van der Waals surface area contributed by atoms with Crippen LogP contribution in [-0.4, -0.2) is 39.1 Å². The van der Waals surface area contributed by atoms with Crippen LogP contribution < -0.4 is 34.6 Å². The van der Waals surface area contributed by atoms with E-state index in [4.69, 9.17) is 0 Å². The van der Waals surface area contributed by atoms with Crippen molar-refractivity contribution in [2.45, 2.75) is 13.1 Å². The number of nitrogens with one attached hydrogen (secondary N) is 2. The Morgan fingerprint density at radius 2 is 1.41 bits per heavy atom. The molecule has 6 heteroatoms. The zero-order chi connectivity index (χ0) is 18.4. The van der Waals surface area contributed by atoms with E-state index in [1.54, 1.807) is 6.08 Å². The Labute approximate surface area is 174 Å². The molecule has 0 aromatic heterocycles. The number of halogens is 2. The van der Waals surface area contributed by atoms with Gasteiger partial charge < -0.3 is 39.7 Å². The maximum absolute atomic E-state index is 12.3. The maximum Gasteiger partial charge on any atom is 0.185 e. The summed E-state index contributed by atoms with van der Waals surface area (Å²) in [7, 11) is 8.21. The predicted octanol–water partition coefficient (Wildman–Crippen LogP) is -5.41. The van der Waals surface area contributed by atoms with Crippen LogP contribution in [0.1, 0.15) is 27.0 Å². The van der Waals surface area contributed by atoms with E-state index in [1.165, 1.54) is 9.80 Å². The lowest BCUT2D eigenvalue weighted by atomic mass is 10.0. The van der Waals surface area contributed by atoms with Gasteiger partial charge >= 0.3 is 0 Å². The molecular weight excluding hydrogens is 383 g/mol. The van der Waals surface area contributed by atoms with Crippen molar-refractivity contribution in [1.82, 2.24) is 0 Å². The van der Waals surface area contributed by atoms with Crippen LogP contribution in [0.3, 0.4) is 0 Å². The number of phenols is 1. The van der Waals surface area contributed by atoms with E-state index in [0.717, 1.165) is 29.8 Å². The maximum atomic E-state index is 12.3. The third-order valence-electron chi connectivity index (χ3n) is 3.86. The first-order valence-electron chi connectivity index (χ1n) is 8.57. The SMILES string of the molecule is C[NH+](C)Cc1cc(/C=C/C(=O)c2ccccc2)cc(C[NH+](C)C)c1O.[Cl-].[Cl-]. The van der Waals surface area contributed by atoms with E-state index in [1.807, 2.05) is 48.5 Å². The normalized spacial score (nSPS) is 10.7. The number of rotatable bonds is 7. The lowest BCUT2D eigenvalue weighted by Gasteiger charge is -2.15. The van der Waals surface area contributed by atoms with Gasteiger partial charge in [0.2, 0.25) is 0 Å². The molecule has 2 aromatic rings. The van der Waals surface area contributed by atoms with Gasteiger partial charge in [-0.15, -0.1) is 0 Å². The van der Waals surface area contributed by atoms with E-state index in [-0.39, 0.29) is 30.6 Å². The molecule has 0 aliphatic heterocycles. The first kappa shape index (κ1) is 25.2. The molecule has 0 radical (unpaired) electrons. The molecule has 2 rings (SSSR count). The predicted molar refractivity (Wildman–Crippen MR) is 101 cm³/mol. The summed E-state index contributed by atoms with van der Waals surface area (Å²) in [5, 5.41) is 10.5. The Morgan fingerprint density at radius 3 is 1.85 bits per heavy atom. The lowest BCUT2D eigenvalue weighted by molar-refractivity contribution is -0.873. The van der Waals surface area contributed by atoms with Crippen LogP contribution >= 0.6 is 0 Å². The number of benzene rings is 2. The molecule has 27 heavy (non-hydrogen) atoms. The topological polar surface area (TPSA) is 46.2 Å². The average Bonchev–Trinajstić information content (AvgIpc) is 2.56. The molecule has 0 aliphatic carbocycles. The minimum absolute atomic E-state index is 0. The number of aromatic hydroxyl groups is 1. The molecule has 0 fully saturated rings. The van der Waals surface area contributed by atoms with Gasteiger partial charge in [0.05, 0.1) is 28.2 Å². The van der Waals surface area contributed by atoms with Gasteiger partial charge in [0.1, 0.15) is 18.8 Å². The fraction of sp³-hybridized carbons (Fsp3) is 0.286. The summed E-state index contributed by atoms with van der Waals surface area (Å²) in [4.78, 5) is 14.7. The molecule has 0 heterocycles. The smallest absolute Gasteiger partial charge is 0.185 e. The van der Waals surface area contributed by atoms with Gasteiger partial charge in [-0.1, -0.05) is 36.4 Å². The summed E-state index contributed by atoms with van der Waals surface area (Å²) in [5.74, 6) is 0.349. The summed E-state index contributed by atoms with van der Waals surface area (Å²) < 4.78 is 0. The highest BCUT2D eigenvalue weighted by Gasteiger charge is 2.14. The van der Waals surface area contributed by atoms with Crippen molar-refractivity contribution >= 4 is 11.9 Å². The highest BCUT2D eigenvalue weighted by Crippen LogP contribution is 2.24. The Bertz CT molecular complexity index is 729. The van der Waals surface area contributed by atoms with Crippen LogP contribution in [0.5, 0.6) is 5.75 Å². The molecule has 0 saturated heterocycles. The minimum Gasteiger partial charge on any atom is -1.00 e. The Balaban J connectivity index is 0.00000338. The number of phenolic OH excluding ortho intramolecular Hbond substituents is 1. The highest BCUT2D eigenvalue weighted by atomic mass is 35.5. The van der Waals surface area contributed by atoms with Crippen molar-refractivity contribution in [1.29, 1.82) is 0 Å². The van der Waals surface area contributed by atoms with Crippen molar-refractivity contribution in [2.24, 2.45) is 0 Å². The number of ketones is 1. The van der Waals surface area contributed by atoms with Crippen molar-refractivity contribution < 1.29 is 44.5 Å². The van der Waals surface area contributed by atoms with Crippen molar-refractivity contribution in [3.8, 4) is 5.75 Å². The van der Waals surface area contributed by atoms with Gasteiger partial charge in [-0.05, 0) is 23.8 Å². The quantitative estimate of drug-likeness (QED) is 0.315. The van der Waals surface area contributed by atoms with E-state index in [2.05, 4.69) is 28.2 Å². The molecule has 0 aliphatic rings. The van der Waals surface area contributed by atoms with Crippen LogP contribution in [-0.2, 0) is 13.1 Å². The first-order valence-corrected chi connectivity index (χ1v) is 8.57. The number of carbonyl (C=O) groups excluding carboxylic acids is 1. The molecule has 148 valence electrons. The molecule has 0 atom stereocenters. The molecule has 0 amide bonds. The Morgan fingerprint density at radius 1 is 0.926 bits per heavy atom. The van der Waals surface area contributed by atoms with Gasteiger partial charge in [-0.3, -0.25) is 4.79 Å². The first-order chi connectivity index (χ1) is 11.9. The van der Waals surface area contributed by atoms with Crippen LogP contribution in [0.4, 0.5) is 0 Å². The summed E-state index contributed by atoms with van der Waals surface area (Å²) in [6, 6.07) is 13.2. The van der Waals surface area contributed by atoms with Gasteiger partial charge in [-0.2, -0.15) is 0 Å². The zero-order valence-electron chi connectivity index (χ0n) is 16.2. The van der Waals surface area contributed by atoms with E-state index < -0.39 is 0 Å². The number of hydrogen-bond donors (Lipinski definition) is 3. The molecule has 0 saturated carbocycles. The molecule has 0 spiro atoms. The van der Waals surface area contributed by atoms with Crippen LogP contribution in [0.25, 0.3) is 6.08 Å². The highest BCUT2D eigenvalue weighted by molar-refractivity contribution is 6.06. The molecule has 0 unspecified atom stereocenters. The zero-order valence-corrected chi connectivity index (χ0v) is 17.7. The monoisotopic (exact) mass is 410 g/mol. The van der Waals surface area contributed by atoms with Crippen molar-refractivity contribution in [2.75, 3.05) is 28.2 Å². The third-order valence-corrected chi connectivity index (χ3v) is 3.86. The number of hydrogen-bond acceptors (Lipinski definition) is 2. The molecular formula is C21H28Cl2N2O2. The third kappa shape index (κ3) is 7.73. The summed E-state index contributed by atoms with van der Waals surface area (Å²) in [5.41, 5.74) is 3.43. The second-order valence-electron chi connectivity index (χ2n) is 7.02. The summed E-state index contributed by atoms with van der Waals surface area (Å²) in [6.45, 7) is 1.46. The Hall–Kier alpha value is -1.85. The second-order valence-corrected chi connectivity index (χ2v) is 7.02. The molecule has 4 nitrogen and oxygen atoms in total. The minimum atomic E-state index is -0.0201. The summed E-state index contributed by atoms with van der Waals surface area (Å²) >= 11 is 0. The summed E-state index contributed by atoms with van der Waals surface area (Å²) in [6.07, 6.45) is 3.43. The van der Waals surface area contributed by atoms with Crippen LogP contribution in [0.2, 0.25) is 0 Å². The van der Waals surface area contributed by atoms with Gasteiger partial charge in [0, 0.05) is 16.7 Å². The van der Waals surface area contributed by atoms with Gasteiger partial charge in [-0.25, -0.2) is 0 Å². The fourth-order valence-electron chi connectivity index (χ4n) is 2.79. The van der Waals surface area contributed by atoms with Crippen LogP contribution in [0.15, 0.2) is 48.5 Å². The van der Waals surface area contributed by atoms with Crippen LogP contribution in [0, 0.1) is 0 Å². The molecule has 3 N–H and O–H groups in total.